The van der Waals surface area contributed by atoms with E-state index in [-0.39, 0.29) is 0 Å². The van der Waals surface area contributed by atoms with Crippen LogP contribution in [0.1, 0.15) is 38.1 Å². The second-order valence-electron chi connectivity index (χ2n) is 7.26. The molecule has 3 heterocycles. The quantitative estimate of drug-likeness (QED) is 0.561. The molecule has 1 aliphatic carbocycles. The maximum atomic E-state index is 6.15. The van der Waals surface area contributed by atoms with Crippen LogP contribution in [0, 0.1) is 0 Å². The highest BCUT2D eigenvalue weighted by molar-refractivity contribution is 5.83. The van der Waals surface area contributed by atoms with E-state index in [0.717, 1.165) is 33.5 Å². The lowest BCUT2D eigenvalue weighted by Crippen LogP contribution is -2.12. The average Bonchev–Trinajstić information content (AvgIpc) is 3.36. The lowest BCUT2D eigenvalue weighted by Gasteiger charge is -2.21. The topological polar surface area (TPSA) is 85.4 Å². The van der Waals surface area contributed by atoms with Gasteiger partial charge in [-0.25, -0.2) is 9.97 Å². The van der Waals surface area contributed by atoms with Gasteiger partial charge in [0.15, 0.2) is 0 Å². The number of H-pyrrole nitrogens is 1. The third kappa shape index (κ3) is 2.97. The van der Waals surface area contributed by atoms with Crippen molar-refractivity contribution in [3.05, 3.63) is 48.9 Å². The first-order valence-electron chi connectivity index (χ1n) is 9.53. The summed E-state index contributed by atoms with van der Waals surface area (Å²) in [6.45, 7) is 0. The highest BCUT2D eigenvalue weighted by Crippen LogP contribution is 2.31. The number of fused-ring (bicyclic) bond motifs is 1. The normalized spacial score (nSPS) is 15.4. The fraction of sp³-hybridized carbons (Fsp3) is 0.286. The van der Waals surface area contributed by atoms with Gasteiger partial charge in [-0.05, 0) is 31.0 Å². The Labute approximate surface area is 157 Å². The minimum atomic E-state index is 0.470. The first-order chi connectivity index (χ1) is 13.3. The van der Waals surface area contributed by atoms with E-state index in [2.05, 4.69) is 30.9 Å². The summed E-state index contributed by atoms with van der Waals surface area (Å²) in [5.74, 6) is 1.21. The Morgan fingerprint density at radius 3 is 2.74 bits per heavy atom. The third-order valence-electron chi connectivity index (χ3n) is 5.45. The monoisotopic (exact) mass is 358 g/mol. The summed E-state index contributed by atoms with van der Waals surface area (Å²) >= 11 is 0. The van der Waals surface area contributed by atoms with Crippen LogP contribution in [-0.4, -0.2) is 24.7 Å². The van der Waals surface area contributed by atoms with Crippen molar-refractivity contribution in [3.8, 4) is 22.5 Å². The number of rotatable bonds is 3. The Kier molecular flexibility index (Phi) is 3.89. The summed E-state index contributed by atoms with van der Waals surface area (Å²) in [6.07, 6.45) is 12.2. The summed E-state index contributed by atoms with van der Waals surface area (Å²) in [4.78, 5) is 12.4. The molecule has 136 valence electrons. The van der Waals surface area contributed by atoms with Gasteiger partial charge in [-0.1, -0.05) is 31.4 Å². The van der Waals surface area contributed by atoms with E-state index in [1.54, 1.807) is 0 Å². The Bertz CT molecular complexity index is 1050. The molecule has 0 spiro atoms. The van der Waals surface area contributed by atoms with Crippen molar-refractivity contribution in [1.82, 2.24) is 24.7 Å². The number of imidazole rings is 1. The van der Waals surface area contributed by atoms with Crippen LogP contribution in [0.5, 0.6) is 0 Å². The van der Waals surface area contributed by atoms with Gasteiger partial charge in [0.05, 0.1) is 28.8 Å². The molecular weight excluding hydrogens is 336 g/mol. The summed E-state index contributed by atoms with van der Waals surface area (Å²) in [7, 11) is 0. The predicted octanol–water partition coefficient (Wildman–Crippen LogP) is 4.58. The molecule has 4 aromatic rings. The minimum absolute atomic E-state index is 0.470. The van der Waals surface area contributed by atoms with Crippen LogP contribution in [0.4, 0.5) is 5.82 Å². The van der Waals surface area contributed by atoms with Crippen LogP contribution in [-0.2, 0) is 0 Å². The Morgan fingerprint density at radius 2 is 1.89 bits per heavy atom. The first kappa shape index (κ1) is 16.1. The maximum absolute atomic E-state index is 6.15. The molecule has 1 aromatic carbocycles. The van der Waals surface area contributed by atoms with Crippen LogP contribution < -0.4 is 5.73 Å². The molecule has 0 atom stereocenters. The molecule has 6 nitrogen and oxygen atoms in total. The van der Waals surface area contributed by atoms with Gasteiger partial charge in [0.1, 0.15) is 11.6 Å². The second-order valence-corrected chi connectivity index (χ2v) is 7.26. The summed E-state index contributed by atoms with van der Waals surface area (Å²) < 4.78 is 2.12. The van der Waals surface area contributed by atoms with Gasteiger partial charge < -0.3 is 10.7 Å². The number of nitrogens with two attached hydrogens (primary N) is 1. The standard InChI is InChI=1S/C21H22N6/c22-20-17(21-25-18-8-4-5-9-19(18)26-21)10-14(11-23-20)15-12-24-27(13-15)16-6-2-1-3-7-16/h4-5,8-13,16H,1-3,6-7H2,(H2,22,23)(H,25,26). The van der Waals surface area contributed by atoms with Crippen LogP contribution in [0.25, 0.3) is 33.5 Å². The fourth-order valence-corrected chi connectivity index (χ4v) is 3.94. The third-order valence-corrected chi connectivity index (χ3v) is 5.45. The zero-order valence-electron chi connectivity index (χ0n) is 15.1. The van der Waals surface area contributed by atoms with Crippen molar-refractivity contribution in [2.24, 2.45) is 0 Å². The molecule has 5 rings (SSSR count). The van der Waals surface area contributed by atoms with E-state index in [1.165, 1.54) is 32.1 Å². The Hall–Kier alpha value is -3.15. The minimum Gasteiger partial charge on any atom is -0.383 e. The van der Waals surface area contributed by atoms with Crippen LogP contribution in [0.15, 0.2) is 48.9 Å². The van der Waals surface area contributed by atoms with Gasteiger partial charge >= 0.3 is 0 Å². The number of pyridine rings is 1. The molecule has 0 amide bonds. The molecule has 27 heavy (non-hydrogen) atoms. The molecular formula is C21H22N6. The summed E-state index contributed by atoms with van der Waals surface area (Å²) in [5, 5.41) is 4.61. The molecule has 3 N–H and O–H groups in total. The van der Waals surface area contributed by atoms with Gasteiger partial charge in [0.25, 0.3) is 0 Å². The number of nitrogens with zero attached hydrogens (tertiary/aromatic N) is 4. The zero-order valence-corrected chi connectivity index (χ0v) is 15.1. The molecule has 0 bridgehead atoms. The average molecular weight is 358 g/mol. The van der Waals surface area contributed by atoms with E-state index >= 15 is 0 Å². The van der Waals surface area contributed by atoms with Crippen molar-refractivity contribution in [3.63, 3.8) is 0 Å². The largest absolute Gasteiger partial charge is 0.383 e. The van der Waals surface area contributed by atoms with E-state index in [4.69, 9.17) is 5.73 Å². The number of benzene rings is 1. The van der Waals surface area contributed by atoms with Crippen molar-refractivity contribution < 1.29 is 0 Å². The number of hydrogen-bond acceptors (Lipinski definition) is 4. The van der Waals surface area contributed by atoms with Gasteiger partial charge in [0.2, 0.25) is 0 Å². The van der Waals surface area contributed by atoms with E-state index < -0.39 is 0 Å². The van der Waals surface area contributed by atoms with Gasteiger partial charge in [-0.2, -0.15) is 5.10 Å². The highest BCUT2D eigenvalue weighted by atomic mass is 15.3. The van der Waals surface area contributed by atoms with Crippen molar-refractivity contribution in [2.75, 3.05) is 5.73 Å². The molecule has 1 saturated carbocycles. The van der Waals surface area contributed by atoms with Crippen molar-refractivity contribution in [2.45, 2.75) is 38.1 Å². The number of anilines is 1. The molecule has 0 radical (unpaired) electrons. The van der Waals surface area contributed by atoms with Crippen LogP contribution in [0.3, 0.4) is 0 Å². The van der Waals surface area contributed by atoms with Crippen molar-refractivity contribution >= 4 is 16.9 Å². The molecule has 0 aliphatic heterocycles. The van der Waals surface area contributed by atoms with Crippen molar-refractivity contribution in [1.29, 1.82) is 0 Å². The van der Waals surface area contributed by atoms with Crippen LogP contribution >= 0.6 is 0 Å². The van der Waals surface area contributed by atoms with E-state index in [9.17, 15) is 0 Å². The summed E-state index contributed by atoms with van der Waals surface area (Å²) in [6, 6.07) is 10.5. The fourth-order valence-electron chi connectivity index (χ4n) is 3.94. The van der Waals surface area contributed by atoms with Gasteiger partial charge in [0, 0.05) is 23.5 Å². The van der Waals surface area contributed by atoms with Crippen LogP contribution in [0.2, 0.25) is 0 Å². The molecule has 1 aliphatic rings. The number of aromatic amines is 1. The molecule has 1 fully saturated rings. The predicted molar refractivity (Wildman–Crippen MR) is 107 cm³/mol. The molecule has 0 saturated heterocycles. The number of nitrogens with one attached hydrogen (secondary N) is 1. The molecule has 0 unspecified atom stereocenters. The zero-order chi connectivity index (χ0) is 18.2. The van der Waals surface area contributed by atoms with Gasteiger partial charge in [-0.3, -0.25) is 4.68 Å². The smallest absolute Gasteiger partial charge is 0.142 e. The molecule has 3 aromatic heterocycles. The second kappa shape index (κ2) is 6.54. The van der Waals surface area contributed by atoms with E-state index in [1.807, 2.05) is 42.7 Å². The Balaban J connectivity index is 1.51. The lowest BCUT2D eigenvalue weighted by molar-refractivity contribution is 0.329. The lowest BCUT2D eigenvalue weighted by atomic mass is 9.96. The highest BCUT2D eigenvalue weighted by Gasteiger charge is 2.17. The molecule has 6 heteroatoms. The number of nitrogen functional groups attached to an aromatic ring is 1. The number of para-hydroxylation sites is 2. The Morgan fingerprint density at radius 1 is 1.04 bits per heavy atom. The number of hydrogen-bond donors (Lipinski definition) is 2. The maximum Gasteiger partial charge on any atom is 0.142 e. The van der Waals surface area contributed by atoms with Gasteiger partial charge in [-0.15, -0.1) is 0 Å². The number of aromatic nitrogens is 5. The van der Waals surface area contributed by atoms with E-state index in [0.29, 0.717) is 11.9 Å². The summed E-state index contributed by atoms with van der Waals surface area (Å²) in [5.41, 5.74) is 10.9. The first-order valence-corrected chi connectivity index (χ1v) is 9.53. The SMILES string of the molecule is Nc1ncc(-c2cnn(C3CCCCC3)c2)cc1-c1nc2ccccc2[nH]1.